The summed E-state index contributed by atoms with van der Waals surface area (Å²) >= 11 is 3.38. The van der Waals surface area contributed by atoms with Crippen molar-refractivity contribution in [2.75, 3.05) is 13.2 Å². The van der Waals surface area contributed by atoms with Crippen molar-refractivity contribution in [2.45, 2.75) is 32.0 Å². The minimum atomic E-state index is -0.306. The van der Waals surface area contributed by atoms with Gasteiger partial charge in [0, 0.05) is 17.3 Å². The molecule has 19 heavy (non-hydrogen) atoms. The van der Waals surface area contributed by atoms with Gasteiger partial charge in [0.15, 0.2) is 0 Å². The van der Waals surface area contributed by atoms with E-state index >= 15 is 0 Å². The van der Waals surface area contributed by atoms with Crippen molar-refractivity contribution in [3.05, 3.63) is 28.7 Å². The fourth-order valence-corrected chi connectivity index (χ4v) is 2.11. The lowest BCUT2D eigenvalue weighted by atomic mass is 9.92. The highest BCUT2D eigenvalue weighted by molar-refractivity contribution is 9.10. The maximum Gasteiger partial charge on any atom is 0.332 e. The molecule has 0 saturated heterocycles. The number of esters is 1. The molecule has 0 unspecified atom stereocenters. The van der Waals surface area contributed by atoms with Crippen LogP contribution in [0.3, 0.4) is 0 Å². The third kappa shape index (κ3) is 4.51. The second kappa shape index (κ2) is 6.91. The molecule has 0 heterocycles. The van der Waals surface area contributed by atoms with Crippen molar-refractivity contribution in [3.8, 4) is 5.75 Å². The van der Waals surface area contributed by atoms with Crippen molar-refractivity contribution in [2.24, 2.45) is 0 Å². The topological polar surface area (TPSA) is 44.8 Å². The lowest BCUT2D eigenvalue weighted by Gasteiger charge is -2.34. The molecule has 1 aromatic rings. The Balaban J connectivity index is 1.63. The van der Waals surface area contributed by atoms with Crippen LogP contribution in [0.25, 0.3) is 0 Å². The first-order chi connectivity index (χ1) is 9.17. The first kappa shape index (κ1) is 14.3. The lowest BCUT2D eigenvalue weighted by Crippen LogP contribution is -2.40. The Bertz CT molecular complexity index is 412. The van der Waals surface area contributed by atoms with Gasteiger partial charge in [-0.2, -0.15) is 0 Å². The molecule has 1 fully saturated rings. The average Bonchev–Trinajstić information content (AvgIpc) is 2.34. The van der Waals surface area contributed by atoms with Crippen molar-refractivity contribution in [1.82, 2.24) is 0 Å². The fraction of sp³-hybridized carbons (Fsp3) is 0.500. The summed E-state index contributed by atoms with van der Waals surface area (Å²) in [6, 6.07) is 7.75. The Morgan fingerprint density at radius 2 is 1.95 bits per heavy atom. The van der Waals surface area contributed by atoms with Crippen LogP contribution < -0.4 is 4.74 Å². The zero-order valence-corrected chi connectivity index (χ0v) is 12.4. The van der Waals surface area contributed by atoms with Crippen LogP contribution in [0.2, 0.25) is 0 Å². The molecular weight excluding hydrogens is 312 g/mol. The number of carbonyl (C=O) groups is 1. The standard InChI is InChI=1S/C14H17BrO4/c1-2-17-14(16)9-18-12-7-13(8-12)19-11-5-3-10(15)4-6-11/h3-6,12-13H,2,7-9H2,1H3/t12-,13-. The minimum Gasteiger partial charge on any atom is -0.490 e. The largest absolute Gasteiger partial charge is 0.490 e. The summed E-state index contributed by atoms with van der Waals surface area (Å²) in [5, 5.41) is 0. The van der Waals surface area contributed by atoms with E-state index in [0.29, 0.717) is 6.61 Å². The van der Waals surface area contributed by atoms with E-state index in [4.69, 9.17) is 14.2 Å². The van der Waals surface area contributed by atoms with E-state index in [-0.39, 0.29) is 24.8 Å². The molecule has 0 spiro atoms. The molecule has 0 radical (unpaired) electrons. The average molecular weight is 329 g/mol. The van der Waals surface area contributed by atoms with Crippen LogP contribution in [0.4, 0.5) is 0 Å². The van der Waals surface area contributed by atoms with Crippen molar-refractivity contribution >= 4 is 21.9 Å². The molecule has 0 bridgehead atoms. The van der Waals surface area contributed by atoms with E-state index in [9.17, 15) is 4.79 Å². The van der Waals surface area contributed by atoms with Gasteiger partial charge in [-0.15, -0.1) is 0 Å². The molecule has 5 heteroatoms. The number of carbonyl (C=O) groups excluding carboxylic acids is 1. The second-order valence-corrected chi connectivity index (χ2v) is 5.32. The zero-order chi connectivity index (χ0) is 13.7. The van der Waals surface area contributed by atoms with E-state index in [2.05, 4.69) is 15.9 Å². The minimum absolute atomic E-state index is 0.0313. The molecule has 1 saturated carbocycles. The van der Waals surface area contributed by atoms with Crippen molar-refractivity contribution in [3.63, 3.8) is 0 Å². The molecule has 2 rings (SSSR count). The van der Waals surface area contributed by atoms with Gasteiger partial charge in [-0.3, -0.25) is 0 Å². The van der Waals surface area contributed by atoms with Gasteiger partial charge in [-0.05, 0) is 31.2 Å². The summed E-state index contributed by atoms with van der Waals surface area (Å²) in [5.41, 5.74) is 0. The molecule has 0 aliphatic heterocycles. The molecule has 0 N–H and O–H groups in total. The van der Waals surface area contributed by atoms with Crippen LogP contribution in [0.5, 0.6) is 5.75 Å². The Morgan fingerprint density at radius 3 is 2.58 bits per heavy atom. The number of benzene rings is 1. The van der Waals surface area contributed by atoms with Gasteiger partial charge in [0.25, 0.3) is 0 Å². The van der Waals surface area contributed by atoms with E-state index in [1.807, 2.05) is 24.3 Å². The number of hydrogen-bond donors (Lipinski definition) is 0. The molecule has 4 nitrogen and oxygen atoms in total. The third-order valence-corrected chi connectivity index (χ3v) is 3.44. The van der Waals surface area contributed by atoms with Crippen LogP contribution in [0, 0.1) is 0 Å². The van der Waals surface area contributed by atoms with Crippen LogP contribution in [-0.2, 0) is 14.3 Å². The summed E-state index contributed by atoms with van der Waals surface area (Å²) in [5.74, 6) is 0.553. The van der Waals surface area contributed by atoms with Gasteiger partial charge in [0.05, 0.1) is 12.7 Å². The lowest BCUT2D eigenvalue weighted by molar-refractivity contribution is -0.154. The Morgan fingerprint density at radius 1 is 1.26 bits per heavy atom. The highest BCUT2D eigenvalue weighted by Gasteiger charge is 2.32. The van der Waals surface area contributed by atoms with Gasteiger partial charge in [-0.25, -0.2) is 4.79 Å². The predicted octanol–water partition coefficient (Wildman–Crippen LogP) is 2.94. The predicted molar refractivity (Wildman–Crippen MR) is 74.2 cm³/mol. The number of ether oxygens (including phenoxy) is 3. The van der Waals surface area contributed by atoms with E-state index in [1.165, 1.54) is 0 Å². The summed E-state index contributed by atoms with van der Waals surface area (Å²) in [4.78, 5) is 11.1. The van der Waals surface area contributed by atoms with Crippen LogP contribution in [-0.4, -0.2) is 31.4 Å². The van der Waals surface area contributed by atoms with E-state index in [0.717, 1.165) is 23.1 Å². The van der Waals surface area contributed by atoms with Gasteiger partial charge in [0.2, 0.25) is 0 Å². The SMILES string of the molecule is CCOC(=O)CO[C@H]1C[C@H](Oc2ccc(Br)cc2)C1. The zero-order valence-electron chi connectivity index (χ0n) is 10.8. The quantitative estimate of drug-likeness (QED) is 0.753. The number of halogens is 1. The molecule has 104 valence electrons. The van der Waals surface area contributed by atoms with Crippen molar-refractivity contribution < 1.29 is 19.0 Å². The van der Waals surface area contributed by atoms with Gasteiger partial charge in [-0.1, -0.05) is 15.9 Å². The summed E-state index contributed by atoms with van der Waals surface area (Å²) in [6.45, 7) is 2.20. The third-order valence-electron chi connectivity index (χ3n) is 2.91. The molecule has 0 atom stereocenters. The Kier molecular flexibility index (Phi) is 5.22. The van der Waals surface area contributed by atoms with Crippen LogP contribution >= 0.6 is 15.9 Å². The Hall–Kier alpha value is -1.07. The highest BCUT2D eigenvalue weighted by Crippen LogP contribution is 2.28. The molecule has 1 aliphatic rings. The summed E-state index contributed by atoms with van der Waals surface area (Å²) < 4.78 is 17.0. The van der Waals surface area contributed by atoms with E-state index in [1.54, 1.807) is 6.92 Å². The maximum absolute atomic E-state index is 11.1. The highest BCUT2D eigenvalue weighted by atomic mass is 79.9. The normalized spacial score (nSPS) is 21.6. The molecule has 0 aromatic heterocycles. The van der Waals surface area contributed by atoms with Gasteiger partial charge in [0.1, 0.15) is 18.5 Å². The summed E-state index contributed by atoms with van der Waals surface area (Å²) in [6.07, 6.45) is 1.91. The smallest absolute Gasteiger partial charge is 0.332 e. The van der Waals surface area contributed by atoms with Crippen LogP contribution in [0.1, 0.15) is 19.8 Å². The molecule has 0 amide bonds. The first-order valence-corrected chi connectivity index (χ1v) is 7.16. The van der Waals surface area contributed by atoms with E-state index < -0.39 is 0 Å². The second-order valence-electron chi connectivity index (χ2n) is 4.40. The molecule has 1 aromatic carbocycles. The fourth-order valence-electron chi connectivity index (χ4n) is 1.84. The maximum atomic E-state index is 11.1. The first-order valence-electron chi connectivity index (χ1n) is 6.37. The van der Waals surface area contributed by atoms with Crippen LogP contribution in [0.15, 0.2) is 28.7 Å². The Labute approximate surface area is 121 Å². The molecule has 1 aliphatic carbocycles. The van der Waals surface area contributed by atoms with Crippen molar-refractivity contribution in [1.29, 1.82) is 0 Å². The summed E-state index contributed by atoms with van der Waals surface area (Å²) in [7, 11) is 0. The number of rotatable bonds is 6. The van der Waals surface area contributed by atoms with Gasteiger partial charge < -0.3 is 14.2 Å². The molecular formula is C14H17BrO4. The van der Waals surface area contributed by atoms with Gasteiger partial charge >= 0.3 is 5.97 Å². The monoisotopic (exact) mass is 328 g/mol. The number of hydrogen-bond acceptors (Lipinski definition) is 4.